The highest BCUT2D eigenvalue weighted by molar-refractivity contribution is 9.10. The number of carbonyl (C=O) groups excluding carboxylic acids is 1. The predicted molar refractivity (Wildman–Crippen MR) is 95.8 cm³/mol. The van der Waals surface area contributed by atoms with E-state index < -0.39 is 0 Å². The van der Waals surface area contributed by atoms with Crippen molar-refractivity contribution in [2.75, 3.05) is 26.1 Å². The van der Waals surface area contributed by atoms with E-state index in [2.05, 4.69) is 21.2 Å². The number of nitrogens with one attached hydrogen (secondary N) is 1. The summed E-state index contributed by atoms with van der Waals surface area (Å²) in [5.41, 5.74) is 1.98. The molecule has 1 heterocycles. The van der Waals surface area contributed by atoms with E-state index in [0.717, 1.165) is 15.8 Å². The van der Waals surface area contributed by atoms with Crippen molar-refractivity contribution in [2.24, 2.45) is 0 Å². The molecule has 1 aliphatic rings. The molecule has 6 heteroatoms. The summed E-state index contributed by atoms with van der Waals surface area (Å²) in [6.45, 7) is 0.221. The van der Waals surface area contributed by atoms with Gasteiger partial charge in [0.05, 0.1) is 25.5 Å². The zero-order valence-electron chi connectivity index (χ0n) is 13.3. The fourth-order valence-electron chi connectivity index (χ4n) is 2.38. The molecule has 5 nitrogen and oxygen atoms in total. The highest BCUT2D eigenvalue weighted by Gasteiger charge is 2.19. The fraction of sp³-hybridized carbons (Fsp3) is 0.167. The molecule has 0 saturated carbocycles. The molecule has 0 fully saturated rings. The van der Waals surface area contributed by atoms with Crippen molar-refractivity contribution < 1.29 is 19.0 Å². The van der Waals surface area contributed by atoms with Gasteiger partial charge >= 0.3 is 0 Å². The third-order valence-corrected chi connectivity index (χ3v) is 4.13. The number of anilines is 1. The van der Waals surface area contributed by atoms with Gasteiger partial charge in [0.1, 0.15) is 23.9 Å². The number of ether oxygens (including phenoxy) is 3. The number of hydrogen-bond donors (Lipinski definition) is 1. The minimum atomic E-state index is -0.232. The van der Waals surface area contributed by atoms with E-state index >= 15 is 0 Å². The summed E-state index contributed by atoms with van der Waals surface area (Å²) in [7, 11) is 3.12. The quantitative estimate of drug-likeness (QED) is 0.861. The van der Waals surface area contributed by atoms with Crippen LogP contribution < -0.4 is 19.5 Å². The molecule has 0 bridgehead atoms. The van der Waals surface area contributed by atoms with Crippen LogP contribution in [0.5, 0.6) is 17.2 Å². The molecule has 1 N–H and O–H groups in total. The molecular weight excluding hydrogens is 374 g/mol. The Kier molecular flexibility index (Phi) is 4.76. The van der Waals surface area contributed by atoms with Gasteiger partial charge in [-0.1, -0.05) is 15.9 Å². The SMILES string of the molecule is COc1ccc(NC(=O)C2=Cc3cc(Br)ccc3OC2)c(OC)c1. The van der Waals surface area contributed by atoms with Crippen molar-refractivity contribution in [3.05, 3.63) is 52.0 Å². The van der Waals surface area contributed by atoms with Crippen LogP contribution in [0.1, 0.15) is 5.56 Å². The lowest BCUT2D eigenvalue weighted by Gasteiger charge is -2.18. The summed E-state index contributed by atoms with van der Waals surface area (Å²) in [6.07, 6.45) is 1.83. The number of fused-ring (bicyclic) bond motifs is 1. The van der Waals surface area contributed by atoms with Gasteiger partial charge in [0.2, 0.25) is 0 Å². The number of carbonyl (C=O) groups is 1. The highest BCUT2D eigenvalue weighted by Crippen LogP contribution is 2.32. The summed E-state index contributed by atoms with van der Waals surface area (Å²) in [5.74, 6) is 1.72. The fourth-order valence-corrected chi connectivity index (χ4v) is 2.76. The Morgan fingerprint density at radius 1 is 1.17 bits per heavy atom. The third kappa shape index (κ3) is 3.38. The molecule has 1 amide bonds. The molecule has 1 aliphatic heterocycles. The second-order valence-corrected chi connectivity index (χ2v) is 6.08. The average Bonchev–Trinajstić information content (AvgIpc) is 2.61. The van der Waals surface area contributed by atoms with Crippen molar-refractivity contribution >= 4 is 33.6 Å². The Bertz CT molecular complexity index is 817. The maximum absolute atomic E-state index is 12.5. The van der Waals surface area contributed by atoms with E-state index in [1.54, 1.807) is 32.4 Å². The lowest BCUT2D eigenvalue weighted by atomic mass is 10.1. The number of hydrogen-bond acceptors (Lipinski definition) is 4. The van der Waals surface area contributed by atoms with Crippen molar-refractivity contribution in [1.29, 1.82) is 0 Å². The van der Waals surface area contributed by atoms with E-state index in [9.17, 15) is 4.79 Å². The van der Waals surface area contributed by atoms with Crippen molar-refractivity contribution in [3.63, 3.8) is 0 Å². The van der Waals surface area contributed by atoms with Gasteiger partial charge in [-0.3, -0.25) is 4.79 Å². The van der Waals surface area contributed by atoms with E-state index in [4.69, 9.17) is 14.2 Å². The maximum Gasteiger partial charge on any atom is 0.255 e. The minimum Gasteiger partial charge on any atom is -0.497 e. The van der Waals surface area contributed by atoms with E-state index in [1.165, 1.54) is 0 Å². The molecule has 0 atom stereocenters. The van der Waals surface area contributed by atoms with Crippen molar-refractivity contribution in [3.8, 4) is 17.2 Å². The molecule has 24 heavy (non-hydrogen) atoms. The Morgan fingerprint density at radius 3 is 2.75 bits per heavy atom. The first-order valence-corrected chi connectivity index (χ1v) is 8.06. The largest absolute Gasteiger partial charge is 0.497 e. The highest BCUT2D eigenvalue weighted by atomic mass is 79.9. The summed E-state index contributed by atoms with van der Waals surface area (Å²) < 4.78 is 17.0. The standard InChI is InChI=1S/C18H16BrNO4/c1-22-14-4-5-15(17(9-14)23-2)20-18(21)12-7-11-8-13(19)3-6-16(11)24-10-12/h3-9H,10H2,1-2H3,(H,20,21). The lowest BCUT2D eigenvalue weighted by molar-refractivity contribution is -0.113. The van der Waals surface area contributed by atoms with Gasteiger partial charge in [-0.05, 0) is 36.4 Å². The Labute approximate surface area is 148 Å². The zero-order valence-corrected chi connectivity index (χ0v) is 14.8. The molecule has 0 unspecified atom stereocenters. The number of halogens is 1. The Morgan fingerprint density at radius 2 is 2.00 bits per heavy atom. The van der Waals surface area contributed by atoms with Crippen LogP contribution in [0.3, 0.4) is 0 Å². The van der Waals surface area contributed by atoms with Crippen LogP contribution in [0.2, 0.25) is 0 Å². The molecule has 2 aromatic rings. The molecule has 0 spiro atoms. The molecule has 124 valence electrons. The summed E-state index contributed by atoms with van der Waals surface area (Å²) in [5, 5.41) is 2.85. The molecule has 0 aromatic heterocycles. The lowest BCUT2D eigenvalue weighted by Crippen LogP contribution is -2.21. The van der Waals surface area contributed by atoms with Crippen LogP contribution in [-0.4, -0.2) is 26.7 Å². The third-order valence-electron chi connectivity index (χ3n) is 3.63. The molecule has 0 aliphatic carbocycles. The first kappa shape index (κ1) is 16.4. The normalized spacial score (nSPS) is 12.5. The van der Waals surface area contributed by atoms with Crippen LogP contribution in [0.4, 0.5) is 5.69 Å². The average molecular weight is 390 g/mol. The van der Waals surface area contributed by atoms with E-state index in [0.29, 0.717) is 22.8 Å². The van der Waals surface area contributed by atoms with Crippen molar-refractivity contribution in [1.82, 2.24) is 0 Å². The molecular formula is C18H16BrNO4. The summed E-state index contributed by atoms with van der Waals surface area (Å²) in [6, 6.07) is 10.9. The summed E-state index contributed by atoms with van der Waals surface area (Å²) in [4.78, 5) is 12.5. The van der Waals surface area contributed by atoms with Gasteiger partial charge in [-0.25, -0.2) is 0 Å². The molecule has 2 aromatic carbocycles. The van der Waals surface area contributed by atoms with Crippen molar-refractivity contribution in [2.45, 2.75) is 0 Å². The smallest absolute Gasteiger partial charge is 0.255 e. The number of amides is 1. The first-order valence-electron chi connectivity index (χ1n) is 7.27. The van der Waals surface area contributed by atoms with Crippen LogP contribution in [0.25, 0.3) is 6.08 Å². The summed E-state index contributed by atoms with van der Waals surface area (Å²) >= 11 is 3.42. The van der Waals surface area contributed by atoms with Gasteiger partial charge in [0.15, 0.2) is 0 Å². The van der Waals surface area contributed by atoms with Crippen LogP contribution in [0, 0.1) is 0 Å². The van der Waals surface area contributed by atoms with Gasteiger partial charge in [0.25, 0.3) is 5.91 Å². The first-order chi connectivity index (χ1) is 11.6. The Hall–Kier alpha value is -2.47. The van der Waals surface area contributed by atoms with Crippen LogP contribution in [-0.2, 0) is 4.79 Å². The minimum absolute atomic E-state index is 0.221. The van der Waals surface area contributed by atoms with Gasteiger partial charge in [0, 0.05) is 16.1 Å². The van der Waals surface area contributed by atoms with Crippen LogP contribution in [0.15, 0.2) is 46.4 Å². The second kappa shape index (κ2) is 6.97. The number of rotatable bonds is 4. The predicted octanol–water partition coefficient (Wildman–Crippen LogP) is 3.88. The number of benzene rings is 2. The maximum atomic E-state index is 12.5. The van der Waals surface area contributed by atoms with E-state index in [1.807, 2.05) is 24.3 Å². The van der Waals surface area contributed by atoms with Crippen LogP contribution >= 0.6 is 15.9 Å². The van der Waals surface area contributed by atoms with Gasteiger partial charge in [-0.15, -0.1) is 0 Å². The molecule has 0 radical (unpaired) electrons. The zero-order chi connectivity index (χ0) is 17.1. The van der Waals surface area contributed by atoms with Gasteiger partial charge in [-0.2, -0.15) is 0 Å². The number of methoxy groups -OCH3 is 2. The second-order valence-electron chi connectivity index (χ2n) is 5.16. The van der Waals surface area contributed by atoms with E-state index in [-0.39, 0.29) is 12.5 Å². The molecule has 0 saturated heterocycles. The van der Waals surface area contributed by atoms with Gasteiger partial charge < -0.3 is 19.5 Å². The Balaban J connectivity index is 1.83. The molecule has 3 rings (SSSR count). The monoisotopic (exact) mass is 389 g/mol. The topological polar surface area (TPSA) is 56.8 Å².